The van der Waals surface area contributed by atoms with E-state index in [1.165, 1.54) is 16.7 Å². The molecular weight excluding hydrogens is 469 g/mol. The van der Waals surface area contributed by atoms with E-state index in [-0.39, 0.29) is 55.2 Å². The topological polar surface area (TPSA) is 131 Å². The molecule has 0 bridgehead atoms. The van der Waals surface area contributed by atoms with E-state index in [9.17, 15) is 23.9 Å². The fraction of sp³-hybridized carbons (Fsp3) is 0.385. The standard InChI is InChI=1S/C26H24FN3O6/c1-2-26(35)16-9-19-23-14(10-30(19)24(33)15(16)11-36-25(26)34)22-17(28-20(32)4-3-5-31)7-12-6-13(27)8-18(29-23)21(12)22/h6,8-9,17,31,35H,2-5,7,10-11H2,1H3,(H,28,32)/t17?,26-/m0/s1. The summed E-state index contributed by atoms with van der Waals surface area (Å²) in [7, 11) is 0. The molecule has 2 atom stereocenters. The molecule has 3 N–H and O–H groups in total. The van der Waals surface area contributed by atoms with Crippen LogP contribution in [0, 0.1) is 5.82 Å². The van der Waals surface area contributed by atoms with Crippen molar-refractivity contribution in [3.8, 4) is 11.4 Å². The van der Waals surface area contributed by atoms with Crippen LogP contribution in [0.5, 0.6) is 0 Å². The zero-order valence-electron chi connectivity index (χ0n) is 19.6. The summed E-state index contributed by atoms with van der Waals surface area (Å²) in [5, 5.41) is 23.9. The molecule has 0 spiro atoms. The Hall–Kier alpha value is -3.63. The van der Waals surface area contributed by atoms with Crippen molar-refractivity contribution in [1.29, 1.82) is 0 Å². The zero-order valence-corrected chi connectivity index (χ0v) is 19.6. The summed E-state index contributed by atoms with van der Waals surface area (Å²) in [6.45, 7) is 1.49. The molecule has 36 heavy (non-hydrogen) atoms. The van der Waals surface area contributed by atoms with Gasteiger partial charge in [-0.25, -0.2) is 14.2 Å². The van der Waals surface area contributed by atoms with Crippen molar-refractivity contribution in [2.45, 2.75) is 57.4 Å². The molecule has 6 rings (SSSR count). The number of cyclic esters (lactones) is 1. The van der Waals surface area contributed by atoms with Crippen molar-refractivity contribution >= 4 is 22.8 Å². The van der Waals surface area contributed by atoms with Gasteiger partial charge in [0.1, 0.15) is 12.4 Å². The summed E-state index contributed by atoms with van der Waals surface area (Å²) in [6.07, 6.45) is 0.898. The van der Waals surface area contributed by atoms with E-state index in [0.29, 0.717) is 29.7 Å². The molecule has 9 nitrogen and oxygen atoms in total. The third-order valence-electron chi connectivity index (χ3n) is 7.55. The highest BCUT2D eigenvalue weighted by Gasteiger charge is 2.46. The van der Waals surface area contributed by atoms with Gasteiger partial charge in [0.2, 0.25) is 5.91 Å². The van der Waals surface area contributed by atoms with Crippen LogP contribution in [0.4, 0.5) is 4.39 Å². The molecule has 1 aromatic carbocycles. The lowest BCUT2D eigenvalue weighted by Gasteiger charge is -2.31. The van der Waals surface area contributed by atoms with Crippen LogP contribution < -0.4 is 10.9 Å². The number of hydrogen-bond acceptors (Lipinski definition) is 7. The van der Waals surface area contributed by atoms with Crippen LogP contribution >= 0.6 is 0 Å². The number of hydrogen-bond donors (Lipinski definition) is 3. The van der Waals surface area contributed by atoms with Gasteiger partial charge in [-0.05, 0) is 42.5 Å². The maximum Gasteiger partial charge on any atom is 0.343 e. The number of benzene rings is 1. The third-order valence-corrected chi connectivity index (χ3v) is 7.55. The number of fused-ring (bicyclic) bond motifs is 5. The molecule has 3 aliphatic rings. The van der Waals surface area contributed by atoms with Crippen LogP contribution in [0.15, 0.2) is 23.0 Å². The number of carbonyl (C=O) groups excluding carboxylic acids is 2. The Labute approximate surface area is 204 Å². The minimum atomic E-state index is -1.94. The van der Waals surface area contributed by atoms with Gasteiger partial charge in [0.15, 0.2) is 5.60 Å². The number of nitrogens with zero attached hydrogens (tertiary/aromatic N) is 2. The maximum atomic E-state index is 14.5. The Kier molecular flexibility index (Phi) is 5.03. The summed E-state index contributed by atoms with van der Waals surface area (Å²) in [6, 6.07) is 3.95. The van der Waals surface area contributed by atoms with Crippen LogP contribution in [-0.4, -0.2) is 38.2 Å². The number of ether oxygens (including phenoxy) is 1. The highest BCUT2D eigenvalue weighted by atomic mass is 19.1. The minimum absolute atomic E-state index is 0.0293. The van der Waals surface area contributed by atoms with Gasteiger partial charge in [0.05, 0.1) is 35.1 Å². The van der Waals surface area contributed by atoms with Crippen LogP contribution in [-0.2, 0) is 39.5 Å². The molecule has 3 aromatic rings. The molecule has 0 fully saturated rings. The van der Waals surface area contributed by atoms with E-state index in [2.05, 4.69) is 5.32 Å². The molecule has 2 aliphatic heterocycles. The van der Waals surface area contributed by atoms with Crippen molar-refractivity contribution in [3.63, 3.8) is 0 Å². The Morgan fingerprint density at radius 2 is 2.11 bits per heavy atom. The van der Waals surface area contributed by atoms with Gasteiger partial charge < -0.3 is 24.8 Å². The molecule has 0 radical (unpaired) electrons. The molecule has 0 saturated heterocycles. The third kappa shape index (κ3) is 3.07. The molecule has 0 saturated carbocycles. The van der Waals surface area contributed by atoms with Crippen molar-refractivity contribution in [2.24, 2.45) is 0 Å². The largest absolute Gasteiger partial charge is 0.458 e. The summed E-state index contributed by atoms with van der Waals surface area (Å²) in [4.78, 5) is 43.2. The highest BCUT2D eigenvalue weighted by molar-refractivity contribution is 5.94. The first-order chi connectivity index (χ1) is 17.3. The van der Waals surface area contributed by atoms with Gasteiger partial charge in [-0.3, -0.25) is 9.59 Å². The number of carbonyl (C=O) groups is 2. The van der Waals surface area contributed by atoms with Crippen LogP contribution in [0.3, 0.4) is 0 Å². The fourth-order valence-electron chi connectivity index (χ4n) is 5.79. The monoisotopic (exact) mass is 493 g/mol. The summed E-state index contributed by atoms with van der Waals surface area (Å²) in [5.41, 5.74) is 1.66. The van der Waals surface area contributed by atoms with E-state index in [4.69, 9.17) is 14.8 Å². The number of rotatable bonds is 5. The lowest BCUT2D eigenvalue weighted by Crippen LogP contribution is -2.44. The van der Waals surface area contributed by atoms with E-state index >= 15 is 0 Å². The minimum Gasteiger partial charge on any atom is -0.458 e. The van der Waals surface area contributed by atoms with Crippen LogP contribution in [0.1, 0.15) is 60.0 Å². The van der Waals surface area contributed by atoms with Crippen LogP contribution in [0.2, 0.25) is 0 Å². The normalized spacial score (nSPS) is 21.2. The number of halogens is 1. The van der Waals surface area contributed by atoms with E-state index in [1.807, 2.05) is 0 Å². The Morgan fingerprint density at radius 1 is 1.31 bits per heavy atom. The quantitative estimate of drug-likeness (QED) is 0.361. The van der Waals surface area contributed by atoms with Crippen molar-refractivity contribution in [1.82, 2.24) is 14.9 Å². The highest BCUT2D eigenvalue weighted by Crippen LogP contribution is 2.46. The molecule has 4 heterocycles. The number of esters is 1. The molecule has 1 unspecified atom stereocenters. The molecule has 2 aromatic heterocycles. The van der Waals surface area contributed by atoms with E-state index < -0.39 is 23.4 Å². The Morgan fingerprint density at radius 3 is 2.86 bits per heavy atom. The molecule has 186 valence electrons. The predicted molar refractivity (Wildman–Crippen MR) is 125 cm³/mol. The summed E-state index contributed by atoms with van der Waals surface area (Å²) < 4.78 is 21.2. The zero-order chi connectivity index (χ0) is 25.4. The Balaban J connectivity index is 1.56. The van der Waals surface area contributed by atoms with Crippen LogP contribution in [0.25, 0.3) is 22.3 Å². The average molecular weight is 493 g/mol. The van der Waals surface area contributed by atoms with Crippen molar-refractivity contribution in [2.75, 3.05) is 6.61 Å². The van der Waals surface area contributed by atoms with E-state index in [0.717, 1.165) is 22.1 Å². The lowest BCUT2D eigenvalue weighted by atomic mass is 9.86. The average Bonchev–Trinajstić information content (AvgIpc) is 3.39. The van der Waals surface area contributed by atoms with Gasteiger partial charge in [-0.1, -0.05) is 6.92 Å². The molecule has 10 heteroatoms. The van der Waals surface area contributed by atoms with Gasteiger partial charge >= 0.3 is 5.97 Å². The van der Waals surface area contributed by atoms with Crippen molar-refractivity contribution < 1.29 is 28.9 Å². The number of aromatic nitrogens is 2. The second kappa shape index (κ2) is 7.94. The molecule has 1 aliphatic carbocycles. The summed E-state index contributed by atoms with van der Waals surface area (Å²) in [5.74, 6) is -1.48. The first-order valence-corrected chi connectivity index (χ1v) is 12.0. The fourth-order valence-corrected chi connectivity index (χ4v) is 5.79. The number of aliphatic hydroxyl groups excluding tert-OH is 1. The Bertz CT molecular complexity index is 1550. The van der Waals surface area contributed by atoms with Gasteiger partial charge in [-0.15, -0.1) is 0 Å². The maximum absolute atomic E-state index is 14.5. The molecule has 1 amide bonds. The van der Waals surface area contributed by atoms with Gasteiger partial charge in [0, 0.05) is 35.6 Å². The first kappa shape index (κ1) is 22.8. The number of aliphatic hydroxyl groups is 2. The SMILES string of the molecule is CC[C@@]1(O)C(=O)OCc2c1cc1n(c2=O)Cc2c-1nc1cc(F)cc3c1c2C(NC(=O)CCCO)C3. The second-order valence-corrected chi connectivity index (χ2v) is 9.57. The lowest BCUT2D eigenvalue weighted by molar-refractivity contribution is -0.172. The van der Waals surface area contributed by atoms with Crippen molar-refractivity contribution in [3.05, 3.63) is 62.2 Å². The number of pyridine rings is 2. The molecular formula is C26H24FN3O6. The van der Waals surface area contributed by atoms with E-state index in [1.54, 1.807) is 13.0 Å². The second-order valence-electron chi connectivity index (χ2n) is 9.57. The van der Waals surface area contributed by atoms with Gasteiger partial charge in [-0.2, -0.15) is 0 Å². The van der Waals surface area contributed by atoms with Gasteiger partial charge in [0.25, 0.3) is 5.56 Å². The first-order valence-electron chi connectivity index (χ1n) is 12.0. The predicted octanol–water partition coefficient (Wildman–Crippen LogP) is 1.70. The smallest absolute Gasteiger partial charge is 0.343 e. The summed E-state index contributed by atoms with van der Waals surface area (Å²) >= 11 is 0. The number of nitrogens with one attached hydrogen (secondary N) is 1. The number of amides is 1.